The first kappa shape index (κ1) is 19.3. The number of thioether (sulfide) groups is 1. The first-order chi connectivity index (χ1) is 12.8. The number of aromatic nitrogens is 4. The van der Waals surface area contributed by atoms with Gasteiger partial charge in [-0.1, -0.05) is 6.92 Å². The smallest absolute Gasteiger partial charge is 0.416 e. The van der Waals surface area contributed by atoms with E-state index in [9.17, 15) is 18.0 Å². The lowest BCUT2D eigenvalue weighted by Gasteiger charge is -2.05. The van der Waals surface area contributed by atoms with Gasteiger partial charge in [0.1, 0.15) is 17.0 Å². The molecule has 0 fully saturated rings. The molecule has 0 atom stereocenters. The van der Waals surface area contributed by atoms with Crippen LogP contribution in [0.25, 0.3) is 17.0 Å². The van der Waals surface area contributed by atoms with E-state index in [0.717, 1.165) is 12.1 Å². The van der Waals surface area contributed by atoms with Crippen LogP contribution in [0.4, 0.5) is 13.2 Å². The predicted octanol–water partition coefficient (Wildman–Crippen LogP) is 4.04. The van der Waals surface area contributed by atoms with Crippen LogP contribution >= 0.6 is 11.8 Å². The molecule has 0 bridgehead atoms. The average Bonchev–Trinajstić information content (AvgIpc) is 3.14. The van der Waals surface area contributed by atoms with Crippen LogP contribution in [0.1, 0.15) is 29.9 Å². The van der Waals surface area contributed by atoms with Gasteiger partial charge in [-0.2, -0.15) is 18.3 Å². The minimum atomic E-state index is -4.45. The van der Waals surface area contributed by atoms with Crippen LogP contribution in [0.3, 0.4) is 0 Å². The minimum absolute atomic E-state index is 0.149. The monoisotopic (exact) mass is 398 g/mol. The fourth-order valence-electron chi connectivity index (χ4n) is 2.65. The topological polar surface area (TPSA) is 61.4 Å². The van der Waals surface area contributed by atoms with Gasteiger partial charge in [-0.05, 0) is 24.8 Å². The van der Waals surface area contributed by atoms with Gasteiger partial charge in [0.2, 0.25) is 0 Å². The molecule has 6 nitrogen and oxygen atoms in total. The van der Waals surface area contributed by atoms with Crippen LogP contribution in [0.2, 0.25) is 0 Å². The summed E-state index contributed by atoms with van der Waals surface area (Å²) in [7, 11) is 1.62. The maximum atomic E-state index is 12.9. The van der Waals surface area contributed by atoms with E-state index in [1.807, 2.05) is 6.92 Å². The molecule has 144 valence electrons. The molecular weight excluding hydrogens is 381 g/mol. The van der Waals surface area contributed by atoms with Crippen LogP contribution in [0.15, 0.2) is 29.4 Å². The van der Waals surface area contributed by atoms with Crippen molar-refractivity contribution >= 4 is 23.4 Å². The molecular formula is C17H17F3N4O2S. The number of aryl methyl sites for hydroxylation is 1. The Morgan fingerprint density at radius 3 is 2.70 bits per heavy atom. The van der Waals surface area contributed by atoms with Gasteiger partial charge in [-0.15, -0.1) is 11.8 Å². The van der Waals surface area contributed by atoms with Crippen LogP contribution < -0.4 is 0 Å². The molecule has 27 heavy (non-hydrogen) atoms. The van der Waals surface area contributed by atoms with Gasteiger partial charge in [0.05, 0.1) is 17.1 Å². The Hall–Kier alpha value is -2.49. The van der Waals surface area contributed by atoms with E-state index in [2.05, 4.69) is 10.1 Å². The number of nitrogens with zero attached hydrogens (tertiary/aromatic N) is 4. The quantitative estimate of drug-likeness (QED) is 0.479. The van der Waals surface area contributed by atoms with Gasteiger partial charge >= 0.3 is 12.1 Å². The maximum absolute atomic E-state index is 12.9. The first-order valence-electron chi connectivity index (χ1n) is 8.19. The molecule has 0 aliphatic heterocycles. The van der Waals surface area contributed by atoms with Crippen molar-refractivity contribution in [2.45, 2.75) is 24.9 Å². The molecule has 0 saturated carbocycles. The molecule has 10 heteroatoms. The Labute approximate surface area is 157 Å². The molecule has 0 aliphatic carbocycles. The maximum Gasteiger partial charge on any atom is 0.416 e. The average molecular weight is 398 g/mol. The minimum Gasteiger partial charge on any atom is -0.461 e. The SMILES string of the molecule is CCOC(=O)c1c(SCC)c(-c2cn3ccc(C(F)(F)F)cc3n2)nn1C. The number of carbonyl (C=O) groups is 1. The van der Waals surface area contributed by atoms with Gasteiger partial charge in [-0.3, -0.25) is 4.68 Å². The van der Waals surface area contributed by atoms with Crippen molar-refractivity contribution in [3.05, 3.63) is 35.8 Å². The molecule has 0 amide bonds. The Bertz CT molecular complexity index is 994. The van der Waals surface area contributed by atoms with Crippen molar-refractivity contribution < 1.29 is 22.7 Å². The predicted molar refractivity (Wildman–Crippen MR) is 94.8 cm³/mol. The molecule has 0 unspecified atom stereocenters. The summed E-state index contributed by atoms with van der Waals surface area (Å²) >= 11 is 1.40. The highest BCUT2D eigenvalue weighted by atomic mass is 32.2. The van der Waals surface area contributed by atoms with Gasteiger partial charge in [0, 0.05) is 19.4 Å². The summed E-state index contributed by atoms with van der Waals surface area (Å²) < 4.78 is 46.8. The van der Waals surface area contributed by atoms with E-state index in [-0.39, 0.29) is 12.3 Å². The number of hydrogen-bond acceptors (Lipinski definition) is 5. The number of hydrogen-bond donors (Lipinski definition) is 0. The summed E-state index contributed by atoms with van der Waals surface area (Å²) in [4.78, 5) is 17.2. The van der Waals surface area contributed by atoms with Gasteiger partial charge < -0.3 is 9.14 Å². The lowest BCUT2D eigenvalue weighted by molar-refractivity contribution is -0.137. The van der Waals surface area contributed by atoms with Crippen molar-refractivity contribution in [3.63, 3.8) is 0 Å². The molecule has 0 saturated heterocycles. The van der Waals surface area contributed by atoms with E-state index < -0.39 is 17.7 Å². The standard InChI is InChI=1S/C17H17F3N4O2S/c1-4-26-16(25)14-15(27-5-2)13(22-23(14)3)11-9-24-7-6-10(17(18,19)20)8-12(24)21-11/h6-9H,4-5H2,1-3H3. The number of ether oxygens (including phenoxy) is 1. The second-order valence-electron chi connectivity index (χ2n) is 5.61. The Kier molecular flexibility index (Phi) is 5.18. The van der Waals surface area contributed by atoms with E-state index in [1.54, 1.807) is 20.2 Å². The van der Waals surface area contributed by atoms with E-state index in [1.165, 1.54) is 27.0 Å². The highest BCUT2D eigenvalue weighted by Gasteiger charge is 2.31. The lowest BCUT2D eigenvalue weighted by atomic mass is 10.2. The number of carbonyl (C=O) groups excluding carboxylic acids is 1. The second-order valence-corrected chi connectivity index (χ2v) is 6.88. The molecule has 0 N–H and O–H groups in total. The normalized spacial score (nSPS) is 11.9. The van der Waals surface area contributed by atoms with Crippen molar-refractivity contribution in [1.82, 2.24) is 19.2 Å². The lowest BCUT2D eigenvalue weighted by Crippen LogP contribution is -2.11. The summed E-state index contributed by atoms with van der Waals surface area (Å²) in [5.74, 6) is 0.175. The zero-order chi connectivity index (χ0) is 19.8. The summed E-state index contributed by atoms with van der Waals surface area (Å²) in [6, 6.07) is 1.97. The molecule has 0 aliphatic rings. The summed E-state index contributed by atoms with van der Waals surface area (Å²) in [6.45, 7) is 3.86. The summed E-state index contributed by atoms with van der Waals surface area (Å²) in [5, 5.41) is 4.37. The van der Waals surface area contributed by atoms with E-state index in [0.29, 0.717) is 27.7 Å². The summed E-state index contributed by atoms with van der Waals surface area (Å²) in [5.41, 5.74) is 0.493. The third-order valence-corrected chi connectivity index (χ3v) is 4.76. The summed E-state index contributed by atoms with van der Waals surface area (Å²) in [6.07, 6.45) is -1.55. The number of imidazole rings is 1. The Morgan fingerprint density at radius 2 is 2.07 bits per heavy atom. The van der Waals surface area contributed by atoms with Crippen molar-refractivity contribution in [3.8, 4) is 11.4 Å². The number of pyridine rings is 1. The van der Waals surface area contributed by atoms with Gasteiger partial charge in [0.15, 0.2) is 5.69 Å². The van der Waals surface area contributed by atoms with E-state index in [4.69, 9.17) is 4.74 Å². The van der Waals surface area contributed by atoms with Crippen molar-refractivity contribution in [2.24, 2.45) is 7.05 Å². The van der Waals surface area contributed by atoms with Crippen LogP contribution in [-0.2, 0) is 18.0 Å². The number of fused-ring (bicyclic) bond motifs is 1. The molecule has 0 aromatic carbocycles. The van der Waals surface area contributed by atoms with Crippen molar-refractivity contribution in [1.29, 1.82) is 0 Å². The zero-order valence-electron chi connectivity index (χ0n) is 14.9. The number of esters is 1. The first-order valence-corrected chi connectivity index (χ1v) is 9.18. The zero-order valence-corrected chi connectivity index (χ0v) is 15.7. The van der Waals surface area contributed by atoms with Gasteiger partial charge in [-0.25, -0.2) is 9.78 Å². The largest absolute Gasteiger partial charge is 0.461 e. The number of halogens is 3. The Morgan fingerprint density at radius 1 is 1.33 bits per heavy atom. The highest BCUT2D eigenvalue weighted by molar-refractivity contribution is 7.99. The van der Waals surface area contributed by atoms with Crippen molar-refractivity contribution in [2.75, 3.05) is 12.4 Å². The van der Waals surface area contributed by atoms with Crippen LogP contribution in [0.5, 0.6) is 0 Å². The van der Waals surface area contributed by atoms with Gasteiger partial charge in [0.25, 0.3) is 0 Å². The fourth-order valence-corrected chi connectivity index (χ4v) is 3.57. The second kappa shape index (κ2) is 7.26. The molecule has 3 rings (SSSR count). The number of rotatable bonds is 5. The third kappa shape index (κ3) is 3.66. The molecule has 3 aromatic rings. The van der Waals surface area contributed by atoms with Crippen LogP contribution in [0, 0.1) is 0 Å². The highest BCUT2D eigenvalue weighted by Crippen LogP contribution is 2.35. The number of alkyl halides is 3. The molecule has 0 radical (unpaired) electrons. The molecule has 3 heterocycles. The molecule has 0 spiro atoms. The Balaban J connectivity index is 2.13. The van der Waals surface area contributed by atoms with E-state index >= 15 is 0 Å². The third-order valence-electron chi connectivity index (χ3n) is 3.79. The molecule has 3 aromatic heterocycles. The van der Waals surface area contributed by atoms with Crippen LogP contribution in [-0.4, -0.2) is 37.5 Å². The fraction of sp³-hybridized carbons (Fsp3) is 0.353.